The van der Waals surface area contributed by atoms with Gasteiger partial charge in [0, 0.05) is 17.1 Å². The summed E-state index contributed by atoms with van der Waals surface area (Å²) in [6.07, 6.45) is 4.11. The Morgan fingerprint density at radius 2 is 1.77 bits per heavy atom. The molecule has 2 heterocycles. The van der Waals surface area contributed by atoms with Gasteiger partial charge in [0.15, 0.2) is 0 Å². The summed E-state index contributed by atoms with van der Waals surface area (Å²) < 4.78 is 0. The summed E-state index contributed by atoms with van der Waals surface area (Å²) >= 11 is 0. The quantitative estimate of drug-likeness (QED) is 0.498. The molecule has 3 N–H and O–H groups in total. The number of nitrogens with zero attached hydrogens (tertiary/aromatic N) is 1. The topological polar surface area (TPSA) is 68.4 Å². The predicted octanol–water partition coefficient (Wildman–Crippen LogP) is 3.59. The Kier molecular flexibility index (Phi) is 4.73. The van der Waals surface area contributed by atoms with Crippen molar-refractivity contribution < 1.29 is 10.0 Å². The van der Waals surface area contributed by atoms with Crippen molar-refractivity contribution in [3.05, 3.63) is 71.9 Å². The van der Waals surface area contributed by atoms with E-state index in [1.807, 2.05) is 41.9 Å². The molecule has 1 unspecified atom stereocenters. The van der Waals surface area contributed by atoms with Gasteiger partial charge in [-0.05, 0) is 49.0 Å². The van der Waals surface area contributed by atoms with Gasteiger partial charge in [-0.1, -0.05) is 48.5 Å². The molecule has 26 heavy (non-hydrogen) atoms. The number of likely N-dealkylation sites (tertiary alicyclic amines) is 1. The van der Waals surface area contributed by atoms with Crippen LogP contribution in [0.1, 0.15) is 35.9 Å². The molecule has 3 aromatic rings. The van der Waals surface area contributed by atoms with Crippen LogP contribution in [-0.4, -0.2) is 34.1 Å². The Hall–Kier alpha value is -2.63. The largest absolute Gasteiger partial charge is 0.361 e. The number of para-hydroxylation sites is 1. The van der Waals surface area contributed by atoms with Gasteiger partial charge in [-0.2, -0.15) is 0 Å². The van der Waals surface area contributed by atoms with Gasteiger partial charge in [-0.3, -0.25) is 14.9 Å². The molecule has 134 valence electrons. The van der Waals surface area contributed by atoms with Crippen molar-refractivity contribution in [1.82, 2.24) is 15.4 Å². The van der Waals surface area contributed by atoms with Gasteiger partial charge in [-0.15, -0.1) is 0 Å². The first-order chi connectivity index (χ1) is 12.8. The number of rotatable bonds is 4. The van der Waals surface area contributed by atoms with E-state index in [0.29, 0.717) is 5.92 Å². The fourth-order valence-electron chi connectivity index (χ4n) is 4.12. The maximum Gasteiger partial charge on any atom is 0.265 e. The number of hydrogen-bond donors (Lipinski definition) is 3. The van der Waals surface area contributed by atoms with E-state index in [4.69, 9.17) is 0 Å². The molecule has 1 aliphatic rings. The van der Waals surface area contributed by atoms with Gasteiger partial charge in [0.25, 0.3) is 5.91 Å². The molecule has 2 aromatic carbocycles. The van der Waals surface area contributed by atoms with E-state index in [1.54, 1.807) is 0 Å². The highest BCUT2D eigenvalue weighted by atomic mass is 16.5. The van der Waals surface area contributed by atoms with Crippen LogP contribution >= 0.6 is 0 Å². The normalized spacial score (nSPS) is 17.3. The Balaban J connectivity index is 1.52. The SMILES string of the molecule is O=C(NO)C(c1ccccc1)N1CCC(c2c[nH]c3ccccc23)CC1. The van der Waals surface area contributed by atoms with Gasteiger partial charge < -0.3 is 4.98 Å². The third-order valence-corrected chi connectivity index (χ3v) is 5.43. The second kappa shape index (κ2) is 7.32. The zero-order valence-corrected chi connectivity index (χ0v) is 14.6. The molecule has 1 amide bonds. The van der Waals surface area contributed by atoms with Crippen molar-refractivity contribution in [3.63, 3.8) is 0 Å². The summed E-state index contributed by atoms with van der Waals surface area (Å²) in [5.74, 6) is 0.109. The molecule has 5 heteroatoms. The first-order valence-electron chi connectivity index (χ1n) is 9.07. The van der Waals surface area contributed by atoms with Crippen LogP contribution in [-0.2, 0) is 4.79 Å². The summed E-state index contributed by atoms with van der Waals surface area (Å²) in [5.41, 5.74) is 5.28. The van der Waals surface area contributed by atoms with Crippen molar-refractivity contribution in [2.75, 3.05) is 13.1 Å². The second-order valence-electron chi connectivity index (χ2n) is 6.89. The summed E-state index contributed by atoms with van der Waals surface area (Å²) in [4.78, 5) is 17.8. The van der Waals surface area contributed by atoms with Gasteiger partial charge in [0.05, 0.1) is 0 Å². The summed E-state index contributed by atoms with van der Waals surface area (Å²) in [6.45, 7) is 1.63. The molecular weight excluding hydrogens is 326 g/mol. The molecular formula is C21H23N3O2. The average molecular weight is 349 g/mol. The number of fused-ring (bicyclic) bond motifs is 1. The highest BCUT2D eigenvalue weighted by Crippen LogP contribution is 2.35. The number of hydrogen-bond acceptors (Lipinski definition) is 3. The van der Waals surface area contributed by atoms with Crippen LogP contribution in [0.2, 0.25) is 0 Å². The van der Waals surface area contributed by atoms with E-state index in [-0.39, 0.29) is 5.91 Å². The van der Waals surface area contributed by atoms with Crippen molar-refractivity contribution >= 4 is 16.8 Å². The number of aromatic amines is 1. The molecule has 1 atom stereocenters. The lowest BCUT2D eigenvalue weighted by Gasteiger charge is -2.36. The monoisotopic (exact) mass is 349 g/mol. The Bertz CT molecular complexity index is 882. The number of nitrogens with one attached hydrogen (secondary N) is 2. The lowest BCUT2D eigenvalue weighted by atomic mass is 9.88. The lowest BCUT2D eigenvalue weighted by molar-refractivity contribution is -0.135. The molecule has 1 aliphatic heterocycles. The number of benzene rings is 2. The molecule has 4 rings (SSSR count). The van der Waals surface area contributed by atoms with Crippen molar-refractivity contribution in [3.8, 4) is 0 Å². The third-order valence-electron chi connectivity index (χ3n) is 5.43. The number of amides is 1. The van der Waals surface area contributed by atoms with E-state index in [2.05, 4.69) is 34.3 Å². The molecule has 0 spiro atoms. The van der Waals surface area contributed by atoms with E-state index in [1.165, 1.54) is 16.5 Å². The number of piperidine rings is 1. The maximum atomic E-state index is 12.3. The maximum absolute atomic E-state index is 12.3. The first kappa shape index (κ1) is 16.8. The fraction of sp³-hybridized carbons (Fsp3) is 0.286. The van der Waals surface area contributed by atoms with Gasteiger partial charge in [0.2, 0.25) is 0 Å². The van der Waals surface area contributed by atoms with Crippen LogP contribution in [0.3, 0.4) is 0 Å². The van der Waals surface area contributed by atoms with Crippen LogP contribution in [0.5, 0.6) is 0 Å². The molecule has 1 aromatic heterocycles. The Morgan fingerprint density at radius 1 is 1.08 bits per heavy atom. The standard InChI is InChI=1S/C21H23N3O2/c25-21(23-26)20(16-6-2-1-3-7-16)24-12-10-15(11-13-24)18-14-22-19-9-5-4-8-17(18)19/h1-9,14-15,20,22,26H,10-13H2,(H,23,25). The van der Waals surface area contributed by atoms with E-state index in [0.717, 1.165) is 31.5 Å². The predicted molar refractivity (Wildman–Crippen MR) is 101 cm³/mol. The summed E-state index contributed by atoms with van der Waals surface area (Å²) in [7, 11) is 0. The van der Waals surface area contributed by atoms with Crippen molar-refractivity contribution in [2.45, 2.75) is 24.8 Å². The van der Waals surface area contributed by atoms with Gasteiger partial charge in [-0.25, -0.2) is 5.48 Å². The first-order valence-corrected chi connectivity index (χ1v) is 9.07. The molecule has 0 saturated carbocycles. The van der Waals surface area contributed by atoms with Crippen LogP contribution < -0.4 is 5.48 Å². The highest BCUT2D eigenvalue weighted by molar-refractivity contribution is 5.84. The minimum atomic E-state index is -0.454. The molecule has 0 radical (unpaired) electrons. The van der Waals surface area contributed by atoms with E-state index in [9.17, 15) is 10.0 Å². The van der Waals surface area contributed by atoms with Crippen LogP contribution in [0.25, 0.3) is 10.9 Å². The summed E-state index contributed by atoms with van der Waals surface area (Å²) in [6, 6.07) is 17.6. The van der Waals surface area contributed by atoms with E-state index >= 15 is 0 Å². The molecule has 0 bridgehead atoms. The highest BCUT2D eigenvalue weighted by Gasteiger charge is 2.31. The number of H-pyrrole nitrogens is 1. The molecule has 1 saturated heterocycles. The lowest BCUT2D eigenvalue weighted by Crippen LogP contribution is -2.43. The number of hydroxylamine groups is 1. The number of carbonyl (C=O) groups excluding carboxylic acids is 1. The van der Waals surface area contributed by atoms with Crippen molar-refractivity contribution in [2.24, 2.45) is 0 Å². The third kappa shape index (κ3) is 3.11. The Morgan fingerprint density at radius 3 is 2.50 bits per heavy atom. The minimum absolute atomic E-state index is 0.373. The average Bonchev–Trinajstić information content (AvgIpc) is 3.13. The second-order valence-corrected chi connectivity index (χ2v) is 6.89. The zero-order chi connectivity index (χ0) is 17.9. The van der Waals surface area contributed by atoms with Crippen molar-refractivity contribution in [1.29, 1.82) is 0 Å². The zero-order valence-electron chi connectivity index (χ0n) is 14.6. The smallest absolute Gasteiger partial charge is 0.265 e. The van der Waals surface area contributed by atoms with Crippen LogP contribution in [0.15, 0.2) is 60.8 Å². The number of carbonyl (C=O) groups is 1. The molecule has 1 fully saturated rings. The van der Waals surface area contributed by atoms with Gasteiger partial charge in [0.1, 0.15) is 6.04 Å². The number of aromatic nitrogens is 1. The Labute approximate surface area is 152 Å². The van der Waals surface area contributed by atoms with E-state index < -0.39 is 6.04 Å². The molecule has 5 nitrogen and oxygen atoms in total. The fourth-order valence-corrected chi connectivity index (χ4v) is 4.12. The van der Waals surface area contributed by atoms with Crippen LogP contribution in [0, 0.1) is 0 Å². The van der Waals surface area contributed by atoms with Gasteiger partial charge >= 0.3 is 0 Å². The van der Waals surface area contributed by atoms with Crippen LogP contribution in [0.4, 0.5) is 0 Å². The summed E-state index contributed by atoms with van der Waals surface area (Å²) in [5, 5.41) is 10.5. The molecule has 0 aliphatic carbocycles. The minimum Gasteiger partial charge on any atom is -0.361 e.